The second-order valence-electron chi connectivity index (χ2n) is 8.20. The van der Waals surface area contributed by atoms with E-state index in [2.05, 4.69) is 70.0 Å². The first-order valence-electron chi connectivity index (χ1n) is 8.60. The van der Waals surface area contributed by atoms with Crippen LogP contribution in [-0.2, 0) is 10.8 Å². The number of pyridine rings is 1. The number of aromatic nitrogens is 1. The Kier molecular flexibility index (Phi) is 5.53. The summed E-state index contributed by atoms with van der Waals surface area (Å²) < 4.78 is 6.06. The Balaban J connectivity index is 2.06. The smallest absolute Gasteiger partial charge is 0.125 e. The largest absolute Gasteiger partial charge is 0.491 e. The lowest BCUT2D eigenvalue weighted by Crippen LogP contribution is -2.19. The Labute approximate surface area is 146 Å². The molecule has 0 aliphatic rings. The number of rotatable bonds is 5. The first-order valence-corrected chi connectivity index (χ1v) is 8.60. The lowest BCUT2D eigenvalue weighted by molar-refractivity contribution is 0.322. The topological polar surface area (TPSA) is 34.1 Å². The second-order valence-corrected chi connectivity index (χ2v) is 8.20. The molecule has 2 rings (SSSR count). The van der Waals surface area contributed by atoms with Gasteiger partial charge < -0.3 is 10.1 Å². The molecular formula is C21H30N2O. The van der Waals surface area contributed by atoms with Gasteiger partial charge in [-0.2, -0.15) is 0 Å². The van der Waals surface area contributed by atoms with E-state index in [1.165, 1.54) is 11.1 Å². The van der Waals surface area contributed by atoms with Gasteiger partial charge in [0.25, 0.3) is 0 Å². The molecule has 0 amide bonds. The zero-order valence-corrected chi connectivity index (χ0v) is 15.8. The Hall–Kier alpha value is -2.03. The third-order valence-corrected chi connectivity index (χ3v) is 3.98. The van der Waals surface area contributed by atoms with Gasteiger partial charge in [-0.25, -0.2) is 4.98 Å². The van der Waals surface area contributed by atoms with E-state index in [1.807, 2.05) is 18.2 Å². The Morgan fingerprint density at radius 2 is 1.71 bits per heavy atom. The summed E-state index contributed by atoms with van der Waals surface area (Å²) in [7, 11) is 0. The van der Waals surface area contributed by atoms with Gasteiger partial charge in [0.15, 0.2) is 0 Å². The molecule has 3 nitrogen and oxygen atoms in total. The molecule has 1 aromatic carbocycles. The van der Waals surface area contributed by atoms with Gasteiger partial charge in [0.05, 0.1) is 6.54 Å². The van der Waals surface area contributed by atoms with E-state index < -0.39 is 0 Å². The van der Waals surface area contributed by atoms with Crippen LogP contribution in [0.25, 0.3) is 0 Å². The number of anilines is 1. The van der Waals surface area contributed by atoms with Gasteiger partial charge in [0, 0.05) is 6.20 Å². The number of ether oxygens (including phenoxy) is 1. The van der Waals surface area contributed by atoms with E-state index in [1.54, 1.807) is 6.20 Å². The van der Waals surface area contributed by atoms with Crippen molar-refractivity contribution in [2.24, 2.45) is 0 Å². The summed E-state index contributed by atoms with van der Waals surface area (Å²) in [6.07, 6.45) is 1.78. The molecule has 0 unspecified atom stereocenters. The van der Waals surface area contributed by atoms with Crippen molar-refractivity contribution in [3.63, 3.8) is 0 Å². The summed E-state index contributed by atoms with van der Waals surface area (Å²) in [6.45, 7) is 14.7. The SMILES string of the molecule is CC(C)(C)c1ccc(OCCNc2ccccn2)c(C(C)(C)C)c1. The van der Waals surface area contributed by atoms with Gasteiger partial charge in [-0.3, -0.25) is 0 Å². The van der Waals surface area contributed by atoms with Crippen molar-refractivity contribution >= 4 is 5.82 Å². The minimum absolute atomic E-state index is 0.0466. The molecule has 1 heterocycles. The third-order valence-electron chi connectivity index (χ3n) is 3.98. The maximum absolute atomic E-state index is 6.06. The second kappa shape index (κ2) is 7.25. The molecule has 2 aromatic rings. The highest BCUT2D eigenvalue weighted by Crippen LogP contribution is 2.35. The molecule has 24 heavy (non-hydrogen) atoms. The fraction of sp³-hybridized carbons (Fsp3) is 0.476. The molecule has 0 bridgehead atoms. The molecule has 0 fully saturated rings. The van der Waals surface area contributed by atoms with Gasteiger partial charge in [-0.05, 0) is 40.2 Å². The lowest BCUT2D eigenvalue weighted by Gasteiger charge is -2.27. The maximum Gasteiger partial charge on any atom is 0.125 e. The first-order chi connectivity index (χ1) is 11.2. The quantitative estimate of drug-likeness (QED) is 0.770. The predicted octanol–water partition coefficient (Wildman–Crippen LogP) is 5.17. The Morgan fingerprint density at radius 1 is 0.958 bits per heavy atom. The normalized spacial score (nSPS) is 12.1. The van der Waals surface area contributed by atoms with Crippen molar-refractivity contribution in [3.05, 3.63) is 53.7 Å². The van der Waals surface area contributed by atoms with E-state index >= 15 is 0 Å². The molecule has 0 saturated heterocycles. The van der Waals surface area contributed by atoms with Crippen LogP contribution in [0.3, 0.4) is 0 Å². The molecule has 0 radical (unpaired) electrons. The minimum atomic E-state index is 0.0466. The fourth-order valence-corrected chi connectivity index (χ4v) is 2.52. The van der Waals surface area contributed by atoms with Crippen LogP contribution in [0.15, 0.2) is 42.6 Å². The van der Waals surface area contributed by atoms with Crippen molar-refractivity contribution in [2.45, 2.75) is 52.4 Å². The number of benzene rings is 1. The average molecular weight is 326 g/mol. The molecule has 0 spiro atoms. The molecular weight excluding hydrogens is 296 g/mol. The highest BCUT2D eigenvalue weighted by atomic mass is 16.5. The third kappa shape index (κ3) is 4.98. The summed E-state index contributed by atoms with van der Waals surface area (Å²) >= 11 is 0. The van der Waals surface area contributed by atoms with E-state index in [0.717, 1.165) is 18.1 Å². The highest BCUT2D eigenvalue weighted by Gasteiger charge is 2.22. The Bertz CT molecular complexity index is 652. The molecule has 1 aromatic heterocycles. The minimum Gasteiger partial charge on any atom is -0.491 e. The van der Waals surface area contributed by atoms with Crippen molar-refractivity contribution in [3.8, 4) is 5.75 Å². The molecule has 0 atom stereocenters. The monoisotopic (exact) mass is 326 g/mol. The number of hydrogen-bond donors (Lipinski definition) is 1. The van der Waals surface area contributed by atoms with E-state index in [-0.39, 0.29) is 10.8 Å². The van der Waals surface area contributed by atoms with Crippen LogP contribution in [0.5, 0.6) is 5.75 Å². The standard InChI is InChI=1S/C21H30N2O/c1-20(2,3)16-10-11-18(17(15-16)21(4,5)6)24-14-13-23-19-9-7-8-12-22-19/h7-12,15H,13-14H2,1-6H3,(H,22,23). The fourth-order valence-electron chi connectivity index (χ4n) is 2.52. The van der Waals surface area contributed by atoms with Crippen LogP contribution in [-0.4, -0.2) is 18.1 Å². The molecule has 3 heteroatoms. The van der Waals surface area contributed by atoms with Gasteiger partial charge in [0.2, 0.25) is 0 Å². The zero-order chi connectivity index (χ0) is 17.8. The molecule has 1 N–H and O–H groups in total. The van der Waals surface area contributed by atoms with Crippen LogP contribution >= 0.6 is 0 Å². The number of nitrogens with zero attached hydrogens (tertiary/aromatic N) is 1. The Morgan fingerprint density at radius 3 is 2.29 bits per heavy atom. The van der Waals surface area contributed by atoms with Crippen LogP contribution in [0.4, 0.5) is 5.82 Å². The maximum atomic E-state index is 6.06. The van der Waals surface area contributed by atoms with Gasteiger partial charge in [0.1, 0.15) is 18.2 Å². The summed E-state index contributed by atoms with van der Waals surface area (Å²) in [5, 5.41) is 3.27. The first kappa shape index (κ1) is 18.3. The van der Waals surface area contributed by atoms with Crippen LogP contribution in [0.2, 0.25) is 0 Å². The summed E-state index contributed by atoms with van der Waals surface area (Å²) in [6, 6.07) is 12.4. The van der Waals surface area contributed by atoms with Crippen LogP contribution in [0, 0.1) is 0 Å². The summed E-state index contributed by atoms with van der Waals surface area (Å²) in [5.74, 6) is 1.85. The van der Waals surface area contributed by atoms with Crippen molar-refractivity contribution in [1.29, 1.82) is 0 Å². The van der Waals surface area contributed by atoms with E-state index in [9.17, 15) is 0 Å². The van der Waals surface area contributed by atoms with Gasteiger partial charge in [-0.15, -0.1) is 0 Å². The number of nitrogens with one attached hydrogen (secondary N) is 1. The average Bonchev–Trinajstić information content (AvgIpc) is 2.50. The summed E-state index contributed by atoms with van der Waals surface area (Å²) in [4.78, 5) is 4.25. The molecule has 0 aliphatic carbocycles. The molecule has 0 aliphatic heterocycles. The van der Waals surface area contributed by atoms with Crippen molar-refractivity contribution in [1.82, 2.24) is 4.98 Å². The lowest BCUT2D eigenvalue weighted by atomic mass is 9.80. The summed E-state index contributed by atoms with van der Waals surface area (Å²) in [5.41, 5.74) is 2.78. The number of hydrogen-bond acceptors (Lipinski definition) is 3. The van der Waals surface area contributed by atoms with Crippen molar-refractivity contribution in [2.75, 3.05) is 18.5 Å². The molecule has 0 saturated carbocycles. The van der Waals surface area contributed by atoms with Gasteiger partial charge in [-0.1, -0.05) is 59.7 Å². The predicted molar refractivity (Wildman–Crippen MR) is 102 cm³/mol. The van der Waals surface area contributed by atoms with E-state index in [0.29, 0.717) is 6.61 Å². The molecule has 130 valence electrons. The van der Waals surface area contributed by atoms with E-state index in [4.69, 9.17) is 4.74 Å². The van der Waals surface area contributed by atoms with Crippen LogP contribution in [0.1, 0.15) is 52.7 Å². The van der Waals surface area contributed by atoms with Crippen molar-refractivity contribution < 1.29 is 4.74 Å². The van der Waals surface area contributed by atoms with Crippen LogP contribution < -0.4 is 10.1 Å². The van der Waals surface area contributed by atoms with Gasteiger partial charge >= 0.3 is 0 Å². The highest BCUT2D eigenvalue weighted by molar-refractivity contribution is 5.43. The zero-order valence-electron chi connectivity index (χ0n) is 15.8.